The van der Waals surface area contributed by atoms with Crippen LogP contribution in [0.5, 0.6) is 0 Å². The first-order valence-electron chi connectivity index (χ1n) is 25.0. The molecular formula is C54H93NO8P+. The van der Waals surface area contributed by atoms with Crippen molar-refractivity contribution in [3.63, 3.8) is 0 Å². The van der Waals surface area contributed by atoms with Crippen LogP contribution in [-0.4, -0.2) is 74.9 Å². The summed E-state index contributed by atoms with van der Waals surface area (Å²) in [5.74, 6) is -0.882. The zero-order valence-corrected chi connectivity index (χ0v) is 42.1. The number of nitrogens with zero attached hydrogens (tertiary/aromatic N) is 1. The van der Waals surface area contributed by atoms with E-state index >= 15 is 0 Å². The van der Waals surface area contributed by atoms with Gasteiger partial charge in [0.1, 0.15) is 19.8 Å². The number of hydrogen-bond donors (Lipinski definition) is 1. The first-order valence-corrected chi connectivity index (χ1v) is 26.5. The Morgan fingerprint density at radius 3 is 1.38 bits per heavy atom. The van der Waals surface area contributed by atoms with Gasteiger partial charge in [-0.25, -0.2) is 4.57 Å². The molecule has 0 aromatic heterocycles. The monoisotopic (exact) mass is 915 g/mol. The lowest BCUT2D eigenvalue weighted by atomic mass is 10.1. The Morgan fingerprint density at radius 1 is 0.500 bits per heavy atom. The molecule has 0 aliphatic carbocycles. The number of rotatable bonds is 44. The van der Waals surface area contributed by atoms with Gasteiger partial charge in [-0.1, -0.05) is 175 Å². The highest BCUT2D eigenvalue weighted by Crippen LogP contribution is 2.43. The van der Waals surface area contributed by atoms with Crippen molar-refractivity contribution in [3.8, 4) is 0 Å². The summed E-state index contributed by atoms with van der Waals surface area (Å²) in [6, 6.07) is 0. The molecule has 10 heteroatoms. The average molecular weight is 915 g/mol. The zero-order valence-electron chi connectivity index (χ0n) is 41.2. The number of unbranched alkanes of at least 4 members (excludes halogenated alkanes) is 14. The fourth-order valence-electron chi connectivity index (χ4n) is 6.23. The molecule has 0 amide bonds. The van der Waals surface area contributed by atoms with Crippen LogP contribution in [0.3, 0.4) is 0 Å². The smallest absolute Gasteiger partial charge is 0.462 e. The molecule has 0 saturated carbocycles. The molecule has 0 aliphatic rings. The highest BCUT2D eigenvalue weighted by atomic mass is 31.2. The summed E-state index contributed by atoms with van der Waals surface area (Å²) in [5, 5.41) is 0. The second-order valence-corrected chi connectivity index (χ2v) is 18.9. The Labute approximate surface area is 392 Å². The van der Waals surface area contributed by atoms with E-state index < -0.39 is 32.5 Å². The van der Waals surface area contributed by atoms with E-state index in [-0.39, 0.29) is 26.1 Å². The molecule has 2 unspecified atom stereocenters. The highest BCUT2D eigenvalue weighted by molar-refractivity contribution is 7.47. The van der Waals surface area contributed by atoms with E-state index in [0.29, 0.717) is 23.9 Å². The van der Waals surface area contributed by atoms with Gasteiger partial charge in [-0.2, -0.15) is 0 Å². The highest BCUT2D eigenvalue weighted by Gasteiger charge is 2.27. The van der Waals surface area contributed by atoms with E-state index in [0.717, 1.165) is 77.0 Å². The van der Waals surface area contributed by atoms with Crippen LogP contribution in [0.2, 0.25) is 0 Å². The van der Waals surface area contributed by atoms with Gasteiger partial charge >= 0.3 is 19.8 Å². The molecule has 0 saturated heterocycles. The number of hydrogen-bond acceptors (Lipinski definition) is 7. The van der Waals surface area contributed by atoms with Gasteiger partial charge in [0.15, 0.2) is 6.10 Å². The van der Waals surface area contributed by atoms with Crippen molar-refractivity contribution in [2.45, 2.75) is 187 Å². The molecule has 0 spiro atoms. The molecule has 0 fully saturated rings. The largest absolute Gasteiger partial charge is 0.472 e. The number of ether oxygens (including phenoxy) is 2. The van der Waals surface area contributed by atoms with E-state index in [9.17, 15) is 19.0 Å². The van der Waals surface area contributed by atoms with Gasteiger partial charge in [-0.15, -0.1) is 0 Å². The number of phosphoric acid groups is 1. The Balaban J connectivity index is 4.37. The lowest BCUT2D eigenvalue weighted by molar-refractivity contribution is -0.870. The van der Waals surface area contributed by atoms with E-state index in [4.69, 9.17) is 18.5 Å². The Bertz CT molecular complexity index is 1400. The predicted octanol–water partition coefficient (Wildman–Crippen LogP) is 14.9. The summed E-state index contributed by atoms with van der Waals surface area (Å²) < 4.78 is 34.3. The minimum absolute atomic E-state index is 0.0143. The van der Waals surface area contributed by atoms with Crippen molar-refractivity contribution in [3.05, 3.63) is 97.2 Å². The average Bonchev–Trinajstić information content (AvgIpc) is 3.25. The predicted molar refractivity (Wildman–Crippen MR) is 270 cm³/mol. The Hall–Kier alpha value is -3.07. The van der Waals surface area contributed by atoms with Gasteiger partial charge in [0.05, 0.1) is 27.7 Å². The molecule has 0 bridgehead atoms. The van der Waals surface area contributed by atoms with Crippen LogP contribution in [0.15, 0.2) is 97.2 Å². The van der Waals surface area contributed by atoms with Crippen LogP contribution in [0.25, 0.3) is 0 Å². The third-order valence-corrected chi connectivity index (χ3v) is 11.1. The molecule has 0 aromatic rings. The lowest BCUT2D eigenvalue weighted by Gasteiger charge is -2.24. The molecule has 64 heavy (non-hydrogen) atoms. The van der Waals surface area contributed by atoms with Gasteiger partial charge in [-0.3, -0.25) is 18.6 Å². The SMILES string of the molecule is CC/C=C\C/C=C\C/C=C\C/C=C\C/C=C\CCCC(=O)OC(COC(=O)CCCCCCCCCC/C=C\C/C=C\C/C=C\CCCCCCC)COP(=O)(O)OCC[N+](C)(C)C. The van der Waals surface area contributed by atoms with Crippen LogP contribution in [0, 0.1) is 0 Å². The van der Waals surface area contributed by atoms with Crippen LogP contribution < -0.4 is 0 Å². The normalized spacial score (nSPS) is 14.3. The maximum Gasteiger partial charge on any atom is 0.472 e. The molecule has 0 rings (SSSR count). The Kier molecular flexibility index (Phi) is 42.9. The van der Waals surface area contributed by atoms with E-state index in [1.807, 2.05) is 27.2 Å². The van der Waals surface area contributed by atoms with Crippen LogP contribution in [-0.2, 0) is 32.7 Å². The van der Waals surface area contributed by atoms with Gasteiger partial charge < -0.3 is 18.9 Å². The van der Waals surface area contributed by atoms with Crippen molar-refractivity contribution < 1.29 is 42.1 Å². The van der Waals surface area contributed by atoms with E-state index in [1.165, 1.54) is 64.2 Å². The molecule has 2 atom stereocenters. The first-order chi connectivity index (χ1) is 31.0. The summed E-state index contributed by atoms with van der Waals surface area (Å²) >= 11 is 0. The van der Waals surface area contributed by atoms with E-state index in [1.54, 1.807) is 0 Å². The van der Waals surface area contributed by atoms with Crippen molar-refractivity contribution in [2.24, 2.45) is 0 Å². The maximum atomic E-state index is 12.7. The molecule has 0 radical (unpaired) electrons. The number of esters is 2. The lowest BCUT2D eigenvalue weighted by Crippen LogP contribution is -2.37. The van der Waals surface area contributed by atoms with Gasteiger partial charge in [0, 0.05) is 12.8 Å². The fourth-order valence-corrected chi connectivity index (χ4v) is 6.97. The quantitative estimate of drug-likeness (QED) is 0.0212. The molecule has 0 heterocycles. The Morgan fingerprint density at radius 2 is 0.906 bits per heavy atom. The van der Waals surface area contributed by atoms with Crippen molar-refractivity contribution in [1.82, 2.24) is 0 Å². The number of carbonyl (C=O) groups excluding carboxylic acids is 2. The molecule has 366 valence electrons. The van der Waals surface area contributed by atoms with Crippen molar-refractivity contribution in [1.29, 1.82) is 0 Å². The second-order valence-electron chi connectivity index (χ2n) is 17.5. The zero-order chi connectivity index (χ0) is 47.1. The third-order valence-electron chi connectivity index (χ3n) is 10.1. The van der Waals surface area contributed by atoms with Crippen LogP contribution >= 0.6 is 7.82 Å². The molecule has 1 N–H and O–H groups in total. The number of allylic oxidation sites excluding steroid dienone is 16. The number of carbonyl (C=O) groups is 2. The van der Waals surface area contributed by atoms with Crippen LogP contribution in [0.4, 0.5) is 0 Å². The first kappa shape index (κ1) is 60.9. The summed E-state index contributed by atoms with van der Waals surface area (Å²) in [6.45, 7) is 4.21. The van der Waals surface area contributed by atoms with Gasteiger partial charge in [-0.05, 0) is 89.9 Å². The molecular weight excluding hydrogens is 822 g/mol. The second kappa shape index (κ2) is 45.1. The summed E-state index contributed by atoms with van der Waals surface area (Å²) in [5.41, 5.74) is 0. The van der Waals surface area contributed by atoms with Crippen LogP contribution in [0.1, 0.15) is 181 Å². The maximum absolute atomic E-state index is 12.7. The number of likely N-dealkylation sites (N-methyl/N-ethyl adjacent to an activating group) is 1. The van der Waals surface area contributed by atoms with Gasteiger partial charge in [0.25, 0.3) is 0 Å². The minimum Gasteiger partial charge on any atom is -0.462 e. The number of quaternary nitrogens is 1. The molecule has 0 aromatic carbocycles. The molecule has 9 nitrogen and oxygen atoms in total. The van der Waals surface area contributed by atoms with E-state index in [2.05, 4.69) is 105 Å². The third kappa shape index (κ3) is 48.4. The topological polar surface area (TPSA) is 108 Å². The summed E-state index contributed by atoms with van der Waals surface area (Å²) in [7, 11) is 1.42. The number of phosphoric ester groups is 1. The fraction of sp³-hybridized carbons (Fsp3) is 0.667. The summed E-state index contributed by atoms with van der Waals surface area (Å²) in [6.07, 6.45) is 60.4. The van der Waals surface area contributed by atoms with Crippen molar-refractivity contribution in [2.75, 3.05) is 47.5 Å². The minimum atomic E-state index is -4.40. The standard InChI is InChI=1S/C54H92NO8P/c1-6-8-10-12-14-16-18-20-22-24-25-26-27-28-29-31-32-34-36-38-40-42-44-46-53(56)60-50-52(51-62-64(58,59)61-49-48-55(3,4)5)63-54(57)47-45-43-41-39-37-35-33-30-23-21-19-17-15-13-11-9-7-2/h9,11,15,17-18,20-21,23-25,27-28,33,35,39,41,52H,6-8,10,12-14,16,19,22,26,29-32,34,36-38,40,42-51H2,1-5H3/p+1/b11-9-,17-15-,20-18-,23-21-,25-24-,28-27-,35-33-,41-39-. The summed E-state index contributed by atoms with van der Waals surface area (Å²) in [4.78, 5) is 35.5. The molecule has 0 aliphatic heterocycles. The van der Waals surface area contributed by atoms with Gasteiger partial charge in [0.2, 0.25) is 0 Å². The van der Waals surface area contributed by atoms with Crippen molar-refractivity contribution >= 4 is 19.8 Å².